The Morgan fingerprint density at radius 3 is 2.00 bits per heavy atom. The van der Waals surface area contributed by atoms with Gasteiger partial charge in [-0.15, -0.1) is 0 Å². The summed E-state index contributed by atoms with van der Waals surface area (Å²) in [6.07, 6.45) is 3.12. The molecule has 0 unspecified atom stereocenters. The standard InChI is InChI=1S/C20H24O2/c1-3-5-19(21)13-8-16-6-9-17(10-7-16)18-11-14-20(15-12-18)22-4-2/h6-7,9-12,14-15H,3-5,8,13H2,1-2H3. The van der Waals surface area contributed by atoms with Crippen LogP contribution in [0.15, 0.2) is 48.5 Å². The molecule has 116 valence electrons. The fourth-order valence-corrected chi connectivity index (χ4v) is 2.46. The summed E-state index contributed by atoms with van der Waals surface area (Å²) in [5, 5.41) is 0. The largest absolute Gasteiger partial charge is 0.494 e. The molecule has 0 aromatic heterocycles. The van der Waals surface area contributed by atoms with E-state index in [0.717, 1.165) is 18.6 Å². The molecular formula is C20H24O2. The second-order valence-corrected chi connectivity index (χ2v) is 5.44. The summed E-state index contributed by atoms with van der Waals surface area (Å²) < 4.78 is 5.46. The summed E-state index contributed by atoms with van der Waals surface area (Å²) in [6.45, 7) is 4.71. The van der Waals surface area contributed by atoms with Crippen LogP contribution < -0.4 is 4.74 Å². The fraction of sp³-hybridized carbons (Fsp3) is 0.350. The van der Waals surface area contributed by atoms with Crippen LogP contribution in [0.5, 0.6) is 5.75 Å². The van der Waals surface area contributed by atoms with E-state index in [0.29, 0.717) is 25.2 Å². The molecule has 0 saturated carbocycles. The third-order valence-electron chi connectivity index (χ3n) is 3.67. The van der Waals surface area contributed by atoms with Gasteiger partial charge in [0, 0.05) is 12.8 Å². The van der Waals surface area contributed by atoms with Crippen molar-refractivity contribution in [1.82, 2.24) is 0 Å². The predicted molar refractivity (Wildman–Crippen MR) is 91.3 cm³/mol. The Hall–Kier alpha value is -2.09. The first-order chi connectivity index (χ1) is 10.7. The van der Waals surface area contributed by atoms with Crippen molar-refractivity contribution in [3.63, 3.8) is 0 Å². The minimum Gasteiger partial charge on any atom is -0.494 e. The summed E-state index contributed by atoms with van der Waals surface area (Å²) in [5.41, 5.74) is 3.59. The second kappa shape index (κ2) is 8.38. The number of rotatable bonds is 8. The van der Waals surface area contributed by atoms with Crippen LogP contribution in [0.1, 0.15) is 38.7 Å². The van der Waals surface area contributed by atoms with Crippen LogP contribution in [0, 0.1) is 0 Å². The molecular weight excluding hydrogens is 272 g/mol. The maximum Gasteiger partial charge on any atom is 0.133 e. The summed E-state index contributed by atoms with van der Waals surface area (Å²) >= 11 is 0. The highest BCUT2D eigenvalue weighted by Crippen LogP contribution is 2.23. The summed E-state index contributed by atoms with van der Waals surface area (Å²) in [4.78, 5) is 11.6. The van der Waals surface area contributed by atoms with Gasteiger partial charge < -0.3 is 4.74 Å². The van der Waals surface area contributed by atoms with Gasteiger partial charge in [-0.3, -0.25) is 4.79 Å². The van der Waals surface area contributed by atoms with Crippen molar-refractivity contribution >= 4 is 5.78 Å². The van der Waals surface area contributed by atoms with E-state index in [2.05, 4.69) is 36.4 Å². The van der Waals surface area contributed by atoms with E-state index in [4.69, 9.17) is 4.74 Å². The quantitative estimate of drug-likeness (QED) is 0.681. The molecule has 0 aliphatic carbocycles. The van der Waals surface area contributed by atoms with Gasteiger partial charge in [-0.1, -0.05) is 43.3 Å². The zero-order valence-corrected chi connectivity index (χ0v) is 13.5. The molecule has 2 rings (SSSR count). The molecule has 0 amide bonds. The first kappa shape index (κ1) is 16.3. The van der Waals surface area contributed by atoms with E-state index >= 15 is 0 Å². The topological polar surface area (TPSA) is 26.3 Å². The molecule has 2 heteroatoms. The summed E-state index contributed by atoms with van der Waals surface area (Å²) in [7, 11) is 0. The van der Waals surface area contributed by atoms with Crippen LogP contribution >= 0.6 is 0 Å². The minimum absolute atomic E-state index is 0.359. The number of hydrogen-bond acceptors (Lipinski definition) is 2. The highest BCUT2D eigenvalue weighted by atomic mass is 16.5. The molecule has 0 spiro atoms. The van der Waals surface area contributed by atoms with E-state index in [1.807, 2.05) is 26.0 Å². The Morgan fingerprint density at radius 2 is 1.45 bits per heavy atom. The number of ether oxygens (including phenoxy) is 1. The number of hydrogen-bond donors (Lipinski definition) is 0. The van der Waals surface area contributed by atoms with E-state index in [1.165, 1.54) is 16.7 Å². The first-order valence-electron chi connectivity index (χ1n) is 8.06. The molecule has 2 nitrogen and oxygen atoms in total. The van der Waals surface area contributed by atoms with E-state index in [-0.39, 0.29) is 0 Å². The van der Waals surface area contributed by atoms with Gasteiger partial charge in [0.15, 0.2) is 0 Å². The van der Waals surface area contributed by atoms with Crippen LogP contribution in [0.2, 0.25) is 0 Å². The maximum atomic E-state index is 11.6. The highest BCUT2D eigenvalue weighted by Gasteiger charge is 2.03. The molecule has 0 aliphatic rings. The van der Waals surface area contributed by atoms with Crippen LogP contribution in [0.3, 0.4) is 0 Å². The molecule has 0 saturated heterocycles. The lowest BCUT2D eigenvalue weighted by molar-refractivity contribution is -0.119. The molecule has 0 atom stereocenters. The first-order valence-corrected chi connectivity index (χ1v) is 8.06. The van der Waals surface area contributed by atoms with Crippen molar-refractivity contribution in [2.24, 2.45) is 0 Å². The lowest BCUT2D eigenvalue weighted by Crippen LogP contribution is -1.99. The van der Waals surface area contributed by atoms with Gasteiger partial charge >= 0.3 is 0 Å². The minimum atomic E-state index is 0.359. The Labute approximate surface area is 133 Å². The zero-order valence-electron chi connectivity index (χ0n) is 13.5. The fourth-order valence-electron chi connectivity index (χ4n) is 2.46. The highest BCUT2D eigenvalue weighted by molar-refractivity contribution is 5.78. The lowest BCUT2D eigenvalue weighted by atomic mass is 10.0. The smallest absolute Gasteiger partial charge is 0.133 e. The zero-order chi connectivity index (χ0) is 15.8. The Morgan fingerprint density at radius 1 is 0.864 bits per heavy atom. The van der Waals surface area contributed by atoms with E-state index in [9.17, 15) is 4.79 Å². The normalized spacial score (nSPS) is 10.5. The molecule has 2 aromatic rings. The van der Waals surface area contributed by atoms with Crippen molar-refractivity contribution in [3.8, 4) is 16.9 Å². The maximum absolute atomic E-state index is 11.6. The van der Waals surface area contributed by atoms with Gasteiger partial charge in [0.2, 0.25) is 0 Å². The SMILES string of the molecule is CCCC(=O)CCc1ccc(-c2ccc(OCC)cc2)cc1. The van der Waals surface area contributed by atoms with Gasteiger partial charge in [0.1, 0.15) is 11.5 Å². The number of ketones is 1. The number of carbonyl (C=O) groups excluding carboxylic acids is 1. The number of benzene rings is 2. The van der Waals surface area contributed by atoms with Crippen LogP contribution in [-0.4, -0.2) is 12.4 Å². The summed E-state index contributed by atoms with van der Waals surface area (Å²) in [6, 6.07) is 16.6. The van der Waals surface area contributed by atoms with Gasteiger partial charge in [0.05, 0.1) is 6.61 Å². The van der Waals surface area contributed by atoms with E-state index in [1.54, 1.807) is 0 Å². The van der Waals surface area contributed by atoms with Gasteiger partial charge in [0.25, 0.3) is 0 Å². The molecule has 0 fully saturated rings. The van der Waals surface area contributed by atoms with Gasteiger partial charge in [-0.25, -0.2) is 0 Å². The van der Waals surface area contributed by atoms with Crippen LogP contribution in [0.4, 0.5) is 0 Å². The predicted octanol–water partition coefficient (Wildman–Crippen LogP) is 5.05. The molecule has 0 radical (unpaired) electrons. The summed E-state index contributed by atoms with van der Waals surface area (Å²) in [5.74, 6) is 1.26. The molecule has 0 N–H and O–H groups in total. The average Bonchev–Trinajstić information content (AvgIpc) is 2.55. The Bertz CT molecular complexity index is 582. The van der Waals surface area contributed by atoms with Crippen LogP contribution in [0.25, 0.3) is 11.1 Å². The number of aryl methyl sites for hydroxylation is 1. The lowest BCUT2D eigenvalue weighted by Gasteiger charge is -2.06. The Kier molecular flexibility index (Phi) is 6.20. The average molecular weight is 296 g/mol. The number of carbonyl (C=O) groups is 1. The van der Waals surface area contributed by atoms with Crippen molar-refractivity contribution in [2.75, 3.05) is 6.61 Å². The van der Waals surface area contributed by atoms with Crippen LogP contribution in [-0.2, 0) is 11.2 Å². The third kappa shape index (κ3) is 4.73. The second-order valence-electron chi connectivity index (χ2n) is 5.44. The number of Topliss-reactive ketones (excluding diaryl/α,β-unsaturated/α-hetero) is 1. The van der Waals surface area contributed by atoms with Crippen molar-refractivity contribution in [3.05, 3.63) is 54.1 Å². The molecule has 22 heavy (non-hydrogen) atoms. The van der Waals surface area contributed by atoms with Crippen molar-refractivity contribution in [1.29, 1.82) is 0 Å². The van der Waals surface area contributed by atoms with Crippen molar-refractivity contribution < 1.29 is 9.53 Å². The third-order valence-corrected chi connectivity index (χ3v) is 3.67. The van der Waals surface area contributed by atoms with Crippen molar-refractivity contribution in [2.45, 2.75) is 39.5 Å². The monoisotopic (exact) mass is 296 g/mol. The molecule has 0 aliphatic heterocycles. The van der Waals surface area contributed by atoms with Gasteiger partial charge in [-0.2, -0.15) is 0 Å². The molecule has 2 aromatic carbocycles. The Balaban J connectivity index is 1.97. The molecule has 0 heterocycles. The van der Waals surface area contributed by atoms with Gasteiger partial charge in [-0.05, 0) is 48.6 Å². The molecule has 0 bridgehead atoms. The van der Waals surface area contributed by atoms with E-state index < -0.39 is 0 Å².